The van der Waals surface area contributed by atoms with Gasteiger partial charge in [-0.05, 0) is 43.4 Å². The van der Waals surface area contributed by atoms with Crippen molar-refractivity contribution in [2.24, 2.45) is 17.8 Å². The van der Waals surface area contributed by atoms with E-state index in [1.54, 1.807) is 0 Å². The Kier molecular flexibility index (Phi) is 79.4. The van der Waals surface area contributed by atoms with Gasteiger partial charge in [-0.25, -0.2) is 9.13 Å². The summed E-state index contributed by atoms with van der Waals surface area (Å²) in [5, 5.41) is 10.7. The third-order valence-electron chi connectivity index (χ3n) is 21.7. The number of phosphoric ester groups is 2. The van der Waals surface area contributed by atoms with Crippen LogP contribution in [0.2, 0.25) is 0 Å². The lowest BCUT2D eigenvalue weighted by atomic mass is 9.99. The summed E-state index contributed by atoms with van der Waals surface area (Å²) in [6.45, 7) is 12.1. The number of hydrogen-bond acceptors (Lipinski definition) is 15. The average Bonchev–Trinajstić information content (AvgIpc) is 0.898. The van der Waals surface area contributed by atoms with Gasteiger partial charge in [0, 0.05) is 25.7 Å². The smallest absolute Gasteiger partial charge is 0.462 e. The van der Waals surface area contributed by atoms with E-state index in [4.69, 9.17) is 37.0 Å². The summed E-state index contributed by atoms with van der Waals surface area (Å²) in [5.74, 6) is 0.302. The molecule has 654 valence electrons. The number of aliphatic hydroxyl groups excluding tert-OH is 1. The van der Waals surface area contributed by atoms with E-state index in [0.29, 0.717) is 25.7 Å². The molecule has 0 radical (unpaired) electrons. The highest BCUT2D eigenvalue weighted by atomic mass is 31.2. The first-order chi connectivity index (χ1) is 53.3. The second-order valence-electron chi connectivity index (χ2n) is 33.9. The van der Waals surface area contributed by atoms with Crippen LogP contribution in [0.25, 0.3) is 0 Å². The van der Waals surface area contributed by atoms with Crippen molar-refractivity contribution in [2.75, 3.05) is 39.6 Å². The lowest BCUT2D eigenvalue weighted by Crippen LogP contribution is -2.30. The van der Waals surface area contributed by atoms with E-state index in [1.165, 1.54) is 295 Å². The highest BCUT2D eigenvalue weighted by Crippen LogP contribution is 2.45. The quantitative estimate of drug-likeness (QED) is 0.0222. The van der Waals surface area contributed by atoms with Crippen LogP contribution in [0.5, 0.6) is 0 Å². The molecule has 0 aliphatic rings. The molecule has 6 atom stereocenters. The van der Waals surface area contributed by atoms with Crippen LogP contribution in [0.4, 0.5) is 0 Å². The SMILES string of the molecule is CCCCCCCCCCCCCCCCCCCCCC(=O)OC[C@H](COP(=O)(O)OC[C@@H](O)COP(=O)(O)OC[C@@H](COC(=O)CCCCCCCCCCC(C)CC)OC(=O)CCCCCCCCCCCCCCCCCC(C)C)OC(=O)CCCCCCCCCCCCCCCCCCCCC(C)C. The summed E-state index contributed by atoms with van der Waals surface area (Å²) in [6, 6.07) is 0. The van der Waals surface area contributed by atoms with Crippen molar-refractivity contribution in [1.29, 1.82) is 0 Å². The molecule has 19 heteroatoms. The maximum Gasteiger partial charge on any atom is 0.472 e. The Hall–Kier alpha value is -1.94. The Bertz CT molecular complexity index is 2120. The van der Waals surface area contributed by atoms with E-state index in [0.717, 1.165) is 108 Å². The number of hydrogen-bond donors (Lipinski definition) is 3. The maximum absolute atomic E-state index is 13.2. The van der Waals surface area contributed by atoms with E-state index in [1.807, 2.05) is 0 Å². The van der Waals surface area contributed by atoms with Crippen molar-refractivity contribution >= 4 is 39.5 Å². The van der Waals surface area contributed by atoms with E-state index in [9.17, 15) is 43.2 Å². The van der Waals surface area contributed by atoms with Gasteiger partial charge < -0.3 is 33.8 Å². The molecular weight excluding hydrogens is 1430 g/mol. The van der Waals surface area contributed by atoms with E-state index in [-0.39, 0.29) is 25.7 Å². The predicted octanol–water partition coefficient (Wildman–Crippen LogP) is 28.0. The van der Waals surface area contributed by atoms with Gasteiger partial charge in [-0.3, -0.25) is 37.3 Å². The first-order valence-corrected chi connectivity index (χ1v) is 49.9. The molecular formula is C91H178O17P2. The van der Waals surface area contributed by atoms with Crippen LogP contribution in [0.15, 0.2) is 0 Å². The second-order valence-corrected chi connectivity index (χ2v) is 36.8. The molecule has 0 aromatic carbocycles. The van der Waals surface area contributed by atoms with Crippen LogP contribution in [-0.2, 0) is 65.4 Å². The van der Waals surface area contributed by atoms with Gasteiger partial charge in [-0.1, -0.05) is 434 Å². The van der Waals surface area contributed by atoms with Gasteiger partial charge in [0.2, 0.25) is 0 Å². The maximum atomic E-state index is 13.2. The zero-order chi connectivity index (χ0) is 80.8. The Morgan fingerprint density at radius 2 is 0.464 bits per heavy atom. The van der Waals surface area contributed by atoms with Crippen molar-refractivity contribution in [3.63, 3.8) is 0 Å². The molecule has 0 aromatic heterocycles. The fourth-order valence-electron chi connectivity index (χ4n) is 14.2. The molecule has 17 nitrogen and oxygen atoms in total. The Morgan fingerprint density at radius 3 is 0.691 bits per heavy atom. The summed E-state index contributed by atoms with van der Waals surface area (Å²) >= 11 is 0. The minimum Gasteiger partial charge on any atom is -0.462 e. The molecule has 0 bridgehead atoms. The fraction of sp³-hybridized carbons (Fsp3) is 0.956. The molecule has 0 saturated heterocycles. The Balaban J connectivity index is 5.25. The van der Waals surface area contributed by atoms with Crippen LogP contribution in [-0.4, -0.2) is 96.7 Å². The number of unbranched alkanes of at least 4 members (excludes halogenated alkanes) is 56. The van der Waals surface area contributed by atoms with Gasteiger partial charge in [0.15, 0.2) is 12.2 Å². The molecule has 0 aliphatic heterocycles. The standard InChI is InChI=1S/C91H178O17P2/c1-8-10-11-12-13-14-15-16-17-18-19-23-28-33-38-43-51-58-65-72-88(93)101-78-86(107-90(95)74-67-60-53-44-39-34-29-24-21-20-22-26-31-36-41-48-55-62-69-82(3)4)80-105-109(97,98)103-76-85(92)77-104-110(99,100)106-81-87(79-102-89(94)73-66-59-52-47-46-50-57-64-71-84(7)9-2)108-91(96)75-68-61-54-45-40-35-30-25-27-32-37-42-49-56-63-70-83(5)6/h82-87,92H,8-81H2,1-7H3,(H,97,98)(H,99,100)/t84?,85-,86-,87-/m1/s1. The molecule has 0 aliphatic carbocycles. The average molecular weight is 1610 g/mol. The molecule has 3 unspecified atom stereocenters. The van der Waals surface area contributed by atoms with E-state index in [2.05, 4.69) is 48.5 Å². The van der Waals surface area contributed by atoms with Crippen LogP contribution >= 0.6 is 15.6 Å². The number of esters is 4. The Labute approximate surface area is 677 Å². The first kappa shape index (κ1) is 108. The predicted molar refractivity (Wildman–Crippen MR) is 455 cm³/mol. The summed E-state index contributed by atoms with van der Waals surface area (Å²) in [7, 11) is -9.94. The van der Waals surface area contributed by atoms with Gasteiger partial charge in [-0.15, -0.1) is 0 Å². The molecule has 0 spiro atoms. The molecule has 0 rings (SSSR count). The minimum absolute atomic E-state index is 0.108. The molecule has 0 aromatic rings. The fourth-order valence-corrected chi connectivity index (χ4v) is 15.8. The largest absolute Gasteiger partial charge is 0.472 e. The highest BCUT2D eigenvalue weighted by molar-refractivity contribution is 7.47. The van der Waals surface area contributed by atoms with Gasteiger partial charge in [-0.2, -0.15) is 0 Å². The zero-order valence-electron chi connectivity index (χ0n) is 72.7. The normalized spacial score (nSPS) is 14.0. The first-order valence-electron chi connectivity index (χ1n) is 46.9. The Morgan fingerprint density at radius 1 is 0.264 bits per heavy atom. The molecule has 0 saturated carbocycles. The summed E-state index contributed by atoms with van der Waals surface area (Å²) < 4.78 is 69.1. The number of ether oxygens (including phenoxy) is 4. The third-order valence-corrected chi connectivity index (χ3v) is 23.6. The second kappa shape index (κ2) is 80.8. The lowest BCUT2D eigenvalue weighted by molar-refractivity contribution is -0.161. The molecule has 0 amide bonds. The van der Waals surface area contributed by atoms with E-state index >= 15 is 0 Å². The van der Waals surface area contributed by atoms with Crippen molar-refractivity contribution in [2.45, 2.75) is 503 Å². The topological polar surface area (TPSA) is 237 Å². The van der Waals surface area contributed by atoms with Crippen molar-refractivity contribution in [3.05, 3.63) is 0 Å². The van der Waals surface area contributed by atoms with Gasteiger partial charge in [0.25, 0.3) is 0 Å². The monoisotopic (exact) mass is 1610 g/mol. The van der Waals surface area contributed by atoms with Crippen LogP contribution in [0.3, 0.4) is 0 Å². The van der Waals surface area contributed by atoms with E-state index < -0.39 is 97.5 Å². The molecule has 0 heterocycles. The van der Waals surface area contributed by atoms with Crippen LogP contribution in [0.1, 0.15) is 485 Å². The van der Waals surface area contributed by atoms with Crippen LogP contribution < -0.4 is 0 Å². The number of carbonyl (C=O) groups excluding carboxylic acids is 4. The number of aliphatic hydroxyl groups is 1. The molecule has 3 N–H and O–H groups in total. The highest BCUT2D eigenvalue weighted by Gasteiger charge is 2.31. The number of carbonyl (C=O) groups is 4. The number of phosphoric acid groups is 2. The zero-order valence-corrected chi connectivity index (χ0v) is 74.5. The third kappa shape index (κ3) is 82.6. The number of rotatable bonds is 89. The van der Waals surface area contributed by atoms with Gasteiger partial charge in [0.05, 0.1) is 26.4 Å². The van der Waals surface area contributed by atoms with Crippen LogP contribution in [0, 0.1) is 17.8 Å². The van der Waals surface area contributed by atoms with Crippen molar-refractivity contribution in [3.8, 4) is 0 Å². The summed E-state index contributed by atoms with van der Waals surface area (Å²) in [5.41, 5.74) is 0. The minimum atomic E-state index is -4.97. The van der Waals surface area contributed by atoms with Gasteiger partial charge in [0.1, 0.15) is 19.3 Å². The van der Waals surface area contributed by atoms with Gasteiger partial charge >= 0.3 is 39.5 Å². The van der Waals surface area contributed by atoms with Crippen molar-refractivity contribution < 1.29 is 80.2 Å². The molecule has 0 fully saturated rings. The molecule has 110 heavy (non-hydrogen) atoms. The van der Waals surface area contributed by atoms with Crippen molar-refractivity contribution in [1.82, 2.24) is 0 Å². The summed E-state index contributed by atoms with van der Waals surface area (Å²) in [6.07, 6.45) is 73.6. The summed E-state index contributed by atoms with van der Waals surface area (Å²) in [4.78, 5) is 73.4. The lowest BCUT2D eigenvalue weighted by Gasteiger charge is -2.21.